The van der Waals surface area contributed by atoms with Crippen molar-refractivity contribution in [3.8, 4) is 0 Å². The number of hydrogen-bond donors (Lipinski definition) is 1. The monoisotopic (exact) mass is 449 g/mol. The van der Waals surface area contributed by atoms with Crippen LogP contribution in [0.1, 0.15) is 27.2 Å². The van der Waals surface area contributed by atoms with Crippen LogP contribution < -0.4 is 15.0 Å². The van der Waals surface area contributed by atoms with Crippen LogP contribution in [-0.4, -0.2) is 24.5 Å². The minimum absolute atomic E-state index is 0.314. The Hall–Kier alpha value is -1.47. The van der Waals surface area contributed by atoms with Gasteiger partial charge in [-0.05, 0) is 21.8 Å². The zero-order valence-corrected chi connectivity index (χ0v) is 23.1. The van der Waals surface area contributed by atoms with Crippen molar-refractivity contribution in [2.45, 2.75) is 65.0 Å². The molecule has 30 heavy (non-hydrogen) atoms. The van der Waals surface area contributed by atoms with Gasteiger partial charge in [-0.2, -0.15) is 0 Å². The third kappa shape index (κ3) is 4.28. The Morgan fingerprint density at radius 2 is 1.20 bits per heavy atom. The van der Waals surface area contributed by atoms with Crippen LogP contribution >= 0.6 is 0 Å². The maximum atomic E-state index is 4.40. The third-order valence-electron chi connectivity index (χ3n) is 6.91. The fourth-order valence-corrected chi connectivity index (χ4v) is 17.8. The first kappa shape index (κ1) is 23.2. The van der Waals surface area contributed by atoms with Gasteiger partial charge in [-0.15, -0.1) is 0 Å². The molecule has 1 aliphatic rings. The average molecular weight is 450 g/mol. The van der Waals surface area contributed by atoms with E-state index in [9.17, 15) is 0 Å². The van der Waals surface area contributed by atoms with Crippen LogP contribution in [0.25, 0.3) is 0 Å². The molecule has 0 atom stereocenters. The normalized spacial score (nSPS) is 15.7. The van der Waals surface area contributed by atoms with Crippen LogP contribution in [-0.2, 0) is 0 Å². The molecule has 0 amide bonds. The van der Waals surface area contributed by atoms with Gasteiger partial charge in [0, 0.05) is 0 Å². The SMILES string of the molecule is CC(C)(C)[Si](C)(C)C1=C([Si](N[Si](C)(C)C)(c2ccccc2)c2ccccc2)CC=C1. The molecule has 0 radical (unpaired) electrons. The molecule has 0 saturated carbocycles. The molecule has 4 heteroatoms. The summed E-state index contributed by atoms with van der Waals surface area (Å²) in [5, 5.41) is 6.69. The molecule has 1 aliphatic carbocycles. The smallest absolute Gasteiger partial charge is 0.211 e. The first-order chi connectivity index (χ1) is 13.9. The van der Waals surface area contributed by atoms with Crippen molar-refractivity contribution in [3.63, 3.8) is 0 Å². The van der Waals surface area contributed by atoms with Gasteiger partial charge in [0.25, 0.3) is 0 Å². The summed E-state index contributed by atoms with van der Waals surface area (Å²) in [6.07, 6.45) is 6.01. The number of hydrogen-bond acceptors (Lipinski definition) is 1. The molecule has 0 aromatic heterocycles. The van der Waals surface area contributed by atoms with Crippen molar-refractivity contribution in [2.24, 2.45) is 0 Å². The van der Waals surface area contributed by atoms with Crippen LogP contribution in [0.15, 0.2) is 83.2 Å². The van der Waals surface area contributed by atoms with Crippen molar-refractivity contribution >= 4 is 34.9 Å². The molecule has 0 fully saturated rings. The third-order valence-corrected chi connectivity index (χ3v) is 21.0. The van der Waals surface area contributed by atoms with Crippen LogP contribution in [0, 0.1) is 0 Å². The van der Waals surface area contributed by atoms with Gasteiger partial charge in [-0.1, -0.05) is 137 Å². The van der Waals surface area contributed by atoms with Crippen molar-refractivity contribution in [1.82, 2.24) is 4.65 Å². The van der Waals surface area contributed by atoms with Gasteiger partial charge in [0.15, 0.2) is 0 Å². The van der Waals surface area contributed by atoms with Crippen molar-refractivity contribution < 1.29 is 0 Å². The van der Waals surface area contributed by atoms with Crippen molar-refractivity contribution in [3.05, 3.63) is 83.2 Å². The van der Waals surface area contributed by atoms with Gasteiger partial charge in [-0.25, -0.2) is 0 Å². The Labute approximate surface area is 187 Å². The summed E-state index contributed by atoms with van der Waals surface area (Å²) in [6, 6.07) is 22.7. The molecule has 0 unspecified atom stereocenters. The minimum Gasteiger partial charge on any atom is -0.349 e. The predicted octanol–water partition coefficient (Wildman–Crippen LogP) is 6.01. The summed E-state index contributed by atoms with van der Waals surface area (Å²) in [5.74, 6) is 0. The zero-order valence-electron chi connectivity index (χ0n) is 20.1. The number of rotatable bonds is 6. The molecule has 1 nitrogen and oxygen atoms in total. The van der Waals surface area contributed by atoms with E-state index < -0.39 is 24.5 Å². The van der Waals surface area contributed by atoms with Crippen LogP contribution in [0.3, 0.4) is 0 Å². The maximum absolute atomic E-state index is 4.40. The van der Waals surface area contributed by atoms with Crippen molar-refractivity contribution in [1.29, 1.82) is 0 Å². The van der Waals surface area contributed by atoms with Crippen LogP contribution in [0.5, 0.6) is 0 Å². The molecule has 3 rings (SSSR count). The van der Waals surface area contributed by atoms with Gasteiger partial charge >= 0.3 is 0 Å². The summed E-state index contributed by atoms with van der Waals surface area (Å²) in [6.45, 7) is 19.8. The van der Waals surface area contributed by atoms with Gasteiger partial charge in [0.05, 0.1) is 8.07 Å². The lowest BCUT2D eigenvalue weighted by atomic mass is 10.2. The van der Waals surface area contributed by atoms with E-state index in [2.05, 4.69) is 131 Å². The fourth-order valence-electron chi connectivity index (χ4n) is 4.52. The number of benzene rings is 2. The highest BCUT2D eigenvalue weighted by atomic mass is 28.4. The van der Waals surface area contributed by atoms with Crippen molar-refractivity contribution in [2.75, 3.05) is 0 Å². The van der Waals surface area contributed by atoms with E-state index in [0.717, 1.165) is 6.42 Å². The highest BCUT2D eigenvalue weighted by Crippen LogP contribution is 2.45. The molecular formula is C26H39NSi3. The zero-order chi connectivity index (χ0) is 22.2. The molecule has 160 valence electrons. The first-order valence-corrected chi connectivity index (χ1v) is 19.7. The lowest BCUT2D eigenvalue weighted by Crippen LogP contribution is -2.75. The Kier molecular flexibility index (Phi) is 6.36. The highest BCUT2D eigenvalue weighted by molar-refractivity contribution is 7.12. The Bertz CT molecular complexity index is 890. The number of nitrogens with one attached hydrogen (secondary N) is 1. The van der Waals surface area contributed by atoms with Gasteiger partial charge in [0.1, 0.15) is 8.24 Å². The first-order valence-electron chi connectivity index (χ1n) is 11.2. The Balaban J connectivity index is 2.41. The summed E-state index contributed by atoms with van der Waals surface area (Å²) < 4.78 is 4.40. The molecule has 0 heterocycles. The van der Waals surface area contributed by atoms with Gasteiger partial charge in [0.2, 0.25) is 8.24 Å². The van der Waals surface area contributed by atoms with Gasteiger partial charge in [-0.3, -0.25) is 0 Å². The number of allylic oxidation sites excluding steroid dienone is 4. The topological polar surface area (TPSA) is 12.0 Å². The van der Waals surface area contributed by atoms with Gasteiger partial charge < -0.3 is 4.65 Å². The largest absolute Gasteiger partial charge is 0.349 e. The molecule has 0 saturated heterocycles. The minimum atomic E-state index is -2.34. The second kappa shape index (κ2) is 8.23. The molecule has 2 aromatic carbocycles. The summed E-state index contributed by atoms with van der Waals surface area (Å²) in [5.41, 5.74) is 0. The van der Waals surface area contributed by atoms with E-state index >= 15 is 0 Å². The molecule has 0 bridgehead atoms. The van der Waals surface area contributed by atoms with E-state index in [1.807, 2.05) is 0 Å². The van der Waals surface area contributed by atoms with Crippen LogP contribution in [0.4, 0.5) is 0 Å². The maximum Gasteiger partial charge on any atom is 0.211 e. The molecule has 0 spiro atoms. The molecule has 0 aliphatic heterocycles. The second-order valence-electron chi connectivity index (χ2n) is 11.2. The highest BCUT2D eigenvalue weighted by Gasteiger charge is 2.49. The predicted molar refractivity (Wildman–Crippen MR) is 142 cm³/mol. The fraction of sp³-hybridized carbons (Fsp3) is 0.385. The van der Waals surface area contributed by atoms with E-state index in [0.29, 0.717) is 5.04 Å². The lowest BCUT2D eigenvalue weighted by molar-refractivity contribution is 0.726. The molecular weight excluding hydrogens is 411 g/mol. The van der Waals surface area contributed by atoms with E-state index in [1.165, 1.54) is 10.4 Å². The van der Waals surface area contributed by atoms with E-state index in [1.54, 1.807) is 10.4 Å². The Morgan fingerprint density at radius 3 is 1.60 bits per heavy atom. The van der Waals surface area contributed by atoms with Crippen LogP contribution in [0.2, 0.25) is 37.8 Å². The summed E-state index contributed by atoms with van der Waals surface area (Å²) in [7, 11) is -5.62. The van der Waals surface area contributed by atoms with E-state index in [-0.39, 0.29) is 0 Å². The molecule has 1 N–H and O–H groups in total. The second-order valence-corrected chi connectivity index (χ2v) is 25.3. The summed E-state index contributed by atoms with van der Waals surface area (Å²) >= 11 is 0. The average Bonchev–Trinajstić information content (AvgIpc) is 3.17. The summed E-state index contributed by atoms with van der Waals surface area (Å²) in [4.78, 5) is 0. The Morgan fingerprint density at radius 1 is 0.733 bits per heavy atom. The lowest BCUT2D eigenvalue weighted by Gasteiger charge is -2.45. The quantitative estimate of drug-likeness (QED) is 0.532. The molecule has 2 aromatic rings. The standard InChI is InChI=1S/C26H39NSi3/c1-26(2,3)29(7,8)24-20-15-21-25(24)30(27-28(4,5)6,22-16-11-9-12-17-22)23-18-13-10-14-19-23/h9-20,27H,21H2,1-8H3. The van der Waals surface area contributed by atoms with E-state index in [4.69, 9.17) is 0 Å².